The van der Waals surface area contributed by atoms with Crippen LogP contribution in [-0.2, 0) is 10.2 Å². The predicted octanol–water partition coefficient (Wildman–Crippen LogP) is -0.156. The van der Waals surface area contributed by atoms with Gasteiger partial charge in [0.15, 0.2) is 5.82 Å². The van der Waals surface area contributed by atoms with Gasteiger partial charge in [-0.15, -0.1) is 0 Å². The lowest BCUT2D eigenvalue weighted by Crippen LogP contribution is -2.42. The molecule has 0 radical (unpaired) electrons. The number of aromatic nitrogens is 3. The summed E-state index contributed by atoms with van der Waals surface area (Å²) >= 11 is 0. The van der Waals surface area contributed by atoms with Gasteiger partial charge in [-0.05, 0) is 19.8 Å². The van der Waals surface area contributed by atoms with E-state index in [1.165, 1.54) is 4.31 Å². The second kappa shape index (κ2) is 4.11. The second-order valence-corrected chi connectivity index (χ2v) is 5.45. The molecule has 1 atom stereocenters. The lowest BCUT2D eigenvalue weighted by molar-refractivity contribution is 0.247. The molecule has 90 valence electrons. The Morgan fingerprint density at radius 3 is 2.81 bits per heavy atom. The van der Waals surface area contributed by atoms with Crippen molar-refractivity contribution in [2.24, 2.45) is 5.14 Å². The van der Waals surface area contributed by atoms with Crippen molar-refractivity contribution in [2.75, 3.05) is 6.54 Å². The third kappa shape index (κ3) is 2.23. The van der Waals surface area contributed by atoms with Crippen LogP contribution in [0, 0.1) is 6.92 Å². The zero-order chi connectivity index (χ0) is 11.8. The molecular formula is C8H15N5O2S. The standard InChI is InChI=1S/C8H15N5O2S/c1-6-10-8(12-11-6)7-4-2-3-5-13(7)16(9,14)15/h7H,2-5H2,1H3,(H2,9,14,15)(H,10,11,12)/t7-/m1/s1. The molecule has 7 nitrogen and oxygen atoms in total. The molecule has 0 bridgehead atoms. The van der Waals surface area contributed by atoms with E-state index in [2.05, 4.69) is 15.2 Å². The number of hydrogen-bond acceptors (Lipinski definition) is 4. The van der Waals surface area contributed by atoms with Gasteiger partial charge in [-0.2, -0.15) is 17.8 Å². The fourth-order valence-electron chi connectivity index (χ4n) is 1.98. The monoisotopic (exact) mass is 245 g/mol. The lowest BCUT2D eigenvalue weighted by atomic mass is 10.0. The summed E-state index contributed by atoms with van der Waals surface area (Å²) in [5.41, 5.74) is 0. The highest BCUT2D eigenvalue weighted by Crippen LogP contribution is 2.29. The fourth-order valence-corrected chi connectivity index (χ4v) is 2.91. The average Bonchev–Trinajstić information content (AvgIpc) is 2.64. The molecule has 2 heterocycles. The first-order valence-electron chi connectivity index (χ1n) is 5.17. The Kier molecular flexibility index (Phi) is 2.96. The molecule has 1 aromatic rings. The van der Waals surface area contributed by atoms with E-state index in [4.69, 9.17) is 5.14 Å². The van der Waals surface area contributed by atoms with Crippen molar-refractivity contribution in [1.29, 1.82) is 0 Å². The van der Waals surface area contributed by atoms with E-state index in [0.29, 0.717) is 24.6 Å². The molecule has 0 spiro atoms. The number of aryl methyl sites for hydroxylation is 1. The normalized spacial score (nSPS) is 23.5. The number of nitrogens with one attached hydrogen (secondary N) is 1. The Balaban J connectivity index is 2.30. The SMILES string of the molecule is Cc1nc([C@H]2CCCCN2S(N)(=O)=O)n[nH]1. The van der Waals surface area contributed by atoms with Gasteiger partial charge in [0.05, 0.1) is 6.04 Å². The molecule has 1 fully saturated rings. The fraction of sp³-hybridized carbons (Fsp3) is 0.750. The van der Waals surface area contributed by atoms with E-state index < -0.39 is 10.2 Å². The van der Waals surface area contributed by atoms with Crippen LogP contribution in [0.25, 0.3) is 0 Å². The Hall–Kier alpha value is -0.990. The molecule has 3 N–H and O–H groups in total. The summed E-state index contributed by atoms with van der Waals surface area (Å²) in [6.45, 7) is 2.22. The maximum Gasteiger partial charge on any atom is 0.277 e. The van der Waals surface area contributed by atoms with Crippen LogP contribution < -0.4 is 5.14 Å². The second-order valence-electron chi connectivity index (χ2n) is 3.95. The van der Waals surface area contributed by atoms with Crippen molar-refractivity contribution in [2.45, 2.75) is 32.2 Å². The van der Waals surface area contributed by atoms with Crippen LogP contribution in [0.1, 0.15) is 37.0 Å². The number of aromatic amines is 1. The van der Waals surface area contributed by atoms with Crippen molar-refractivity contribution in [3.8, 4) is 0 Å². The third-order valence-electron chi connectivity index (χ3n) is 2.69. The Labute approximate surface area is 94.2 Å². The minimum Gasteiger partial charge on any atom is -0.263 e. The van der Waals surface area contributed by atoms with Gasteiger partial charge in [0.2, 0.25) is 0 Å². The molecule has 8 heteroatoms. The van der Waals surface area contributed by atoms with E-state index in [1.54, 1.807) is 6.92 Å². The summed E-state index contributed by atoms with van der Waals surface area (Å²) < 4.78 is 24.1. The average molecular weight is 245 g/mol. The van der Waals surface area contributed by atoms with Crippen molar-refractivity contribution in [3.05, 3.63) is 11.6 Å². The van der Waals surface area contributed by atoms with Gasteiger partial charge in [0.1, 0.15) is 5.82 Å². The summed E-state index contributed by atoms with van der Waals surface area (Å²) in [7, 11) is -3.67. The number of nitrogens with two attached hydrogens (primary N) is 1. The zero-order valence-corrected chi connectivity index (χ0v) is 9.87. The van der Waals surface area contributed by atoms with Gasteiger partial charge in [-0.3, -0.25) is 5.10 Å². The molecule has 0 unspecified atom stereocenters. The smallest absolute Gasteiger partial charge is 0.263 e. The summed E-state index contributed by atoms with van der Waals surface area (Å²) in [4.78, 5) is 4.17. The molecule has 1 aliphatic rings. The highest BCUT2D eigenvalue weighted by atomic mass is 32.2. The van der Waals surface area contributed by atoms with Crippen LogP contribution in [-0.4, -0.2) is 34.4 Å². The van der Waals surface area contributed by atoms with E-state index >= 15 is 0 Å². The van der Waals surface area contributed by atoms with Gasteiger partial charge in [-0.25, -0.2) is 10.1 Å². The molecule has 0 aliphatic carbocycles. The van der Waals surface area contributed by atoms with Crippen molar-refractivity contribution in [3.63, 3.8) is 0 Å². The molecule has 0 aromatic carbocycles. The molecule has 1 aromatic heterocycles. The first-order valence-corrected chi connectivity index (χ1v) is 6.67. The Morgan fingerprint density at radius 1 is 1.50 bits per heavy atom. The summed E-state index contributed by atoms with van der Waals surface area (Å²) in [5, 5.41) is 11.9. The number of hydrogen-bond donors (Lipinski definition) is 2. The van der Waals surface area contributed by atoms with Crippen LogP contribution >= 0.6 is 0 Å². The van der Waals surface area contributed by atoms with Crippen LogP contribution in [0.15, 0.2) is 0 Å². The molecule has 1 aliphatic heterocycles. The highest BCUT2D eigenvalue weighted by molar-refractivity contribution is 7.86. The summed E-state index contributed by atoms with van der Waals surface area (Å²) in [6.07, 6.45) is 2.51. The number of piperidine rings is 1. The molecule has 2 rings (SSSR count). The quantitative estimate of drug-likeness (QED) is 0.755. The van der Waals surface area contributed by atoms with Gasteiger partial charge < -0.3 is 0 Å². The first-order chi connectivity index (χ1) is 7.48. The maximum absolute atomic E-state index is 11.4. The highest BCUT2D eigenvalue weighted by Gasteiger charge is 2.33. The first kappa shape index (κ1) is 11.5. The van der Waals surface area contributed by atoms with E-state index in [-0.39, 0.29) is 6.04 Å². The largest absolute Gasteiger partial charge is 0.277 e. The van der Waals surface area contributed by atoms with Gasteiger partial charge in [0.25, 0.3) is 10.2 Å². The van der Waals surface area contributed by atoms with E-state index in [0.717, 1.165) is 12.8 Å². The van der Waals surface area contributed by atoms with E-state index in [9.17, 15) is 8.42 Å². The number of H-pyrrole nitrogens is 1. The van der Waals surface area contributed by atoms with E-state index in [1.807, 2.05) is 0 Å². The molecular weight excluding hydrogens is 230 g/mol. The number of rotatable bonds is 2. The predicted molar refractivity (Wildman–Crippen MR) is 57.5 cm³/mol. The van der Waals surface area contributed by atoms with Crippen LogP contribution in [0.4, 0.5) is 0 Å². The Morgan fingerprint density at radius 2 is 2.25 bits per heavy atom. The van der Waals surface area contributed by atoms with Gasteiger partial charge >= 0.3 is 0 Å². The Bertz CT molecular complexity index is 469. The summed E-state index contributed by atoms with van der Waals surface area (Å²) in [6, 6.07) is -0.325. The third-order valence-corrected chi connectivity index (χ3v) is 3.78. The lowest BCUT2D eigenvalue weighted by Gasteiger charge is -2.31. The number of nitrogens with zero attached hydrogens (tertiary/aromatic N) is 3. The zero-order valence-electron chi connectivity index (χ0n) is 9.05. The van der Waals surface area contributed by atoms with Crippen LogP contribution in [0.5, 0.6) is 0 Å². The van der Waals surface area contributed by atoms with Crippen molar-refractivity contribution >= 4 is 10.2 Å². The topological polar surface area (TPSA) is 105 Å². The molecule has 16 heavy (non-hydrogen) atoms. The van der Waals surface area contributed by atoms with Gasteiger partial charge in [0, 0.05) is 6.54 Å². The van der Waals surface area contributed by atoms with Crippen LogP contribution in [0.2, 0.25) is 0 Å². The van der Waals surface area contributed by atoms with Crippen molar-refractivity contribution < 1.29 is 8.42 Å². The maximum atomic E-state index is 11.4. The summed E-state index contributed by atoms with van der Waals surface area (Å²) in [5.74, 6) is 1.18. The van der Waals surface area contributed by atoms with Crippen LogP contribution in [0.3, 0.4) is 0 Å². The molecule has 0 amide bonds. The van der Waals surface area contributed by atoms with Gasteiger partial charge in [-0.1, -0.05) is 6.42 Å². The minimum atomic E-state index is -3.67. The molecule has 1 saturated heterocycles. The molecule has 0 saturated carbocycles. The minimum absolute atomic E-state index is 0.325. The van der Waals surface area contributed by atoms with Crippen molar-refractivity contribution in [1.82, 2.24) is 19.5 Å².